The molecule has 0 amide bonds. The van der Waals surface area contributed by atoms with Gasteiger partial charge in [0.25, 0.3) is 0 Å². The number of phenols is 1. The van der Waals surface area contributed by atoms with Crippen LogP contribution in [-0.4, -0.2) is 5.11 Å². The van der Waals surface area contributed by atoms with Crippen molar-refractivity contribution in [2.45, 2.75) is 0 Å². The van der Waals surface area contributed by atoms with Gasteiger partial charge in [-0.15, -0.1) is 0 Å². The predicted molar refractivity (Wildman–Crippen MR) is 53.5 cm³/mol. The summed E-state index contributed by atoms with van der Waals surface area (Å²) in [4.78, 5) is 0. The molecular weight excluding hydrogens is 330 g/mol. The van der Waals surface area contributed by atoms with Gasteiger partial charge in [-0.2, -0.15) is 0 Å². The van der Waals surface area contributed by atoms with Gasteiger partial charge in [0.15, 0.2) is 0 Å². The van der Waals surface area contributed by atoms with Crippen molar-refractivity contribution < 1.29 is 5.11 Å². The lowest BCUT2D eigenvalue weighted by molar-refractivity contribution is 0.471. The van der Waals surface area contributed by atoms with Crippen LogP contribution in [0.4, 0.5) is 0 Å². The largest absolute Gasteiger partial charge is 0.507 e. The molecule has 0 fully saturated rings. The van der Waals surface area contributed by atoms with E-state index in [1.165, 1.54) is 6.07 Å². The number of halogens is 3. The molecule has 0 bridgehead atoms. The Balaban J connectivity index is 3.28. The summed E-state index contributed by atoms with van der Waals surface area (Å²) in [5, 5.41) is 9.64. The van der Waals surface area contributed by atoms with Crippen LogP contribution in [0.5, 0.6) is 5.75 Å². The number of hydrogen-bond donors (Lipinski definition) is 1. The third-order valence-electron chi connectivity index (χ3n) is 0.990. The molecule has 1 nitrogen and oxygen atoms in total. The smallest absolute Gasteiger partial charge is 0.130 e. The van der Waals surface area contributed by atoms with Crippen LogP contribution in [0, 0.1) is 3.57 Å². The van der Waals surface area contributed by atoms with Crippen LogP contribution in [-0.2, 0) is 0 Å². The van der Waals surface area contributed by atoms with E-state index in [2.05, 4.69) is 15.9 Å². The molecule has 0 atom stereocenters. The van der Waals surface area contributed by atoms with Crippen molar-refractivity contribution in [1.29, 1.82) is 0 Å². The molecule has 0 aliphatic carbocycles. The molecule has 0 unspecified atom stereocenters. The van der Waals surface area contributed by atoms with Gasteiger partial charge in [-0.25, -0.2) is 0 Å². The topological polar surface area (TPSA) is 20.2 Å². The summed E-state index contributed by atoms with van der Waals surface area (Å²) >= 11 is 10.9. The maximum atomic E-state index is 9.11. The molecule has 10 heavy (non-hydrogen) atoms. The molecule has 54 valence electrons. The lowest BCUT2D eigenvalue weighted by Crippen LogP contribution is -1.74. The molecule has 0 heterocycles. The summed E-state index contributed by atoms with van der Waals surface area (Å²) in [5.74, 6) is 0.216. The fraction of sp³-hybridized carbons (Fsp3) is 0. The third kappa shape index (κ3) is 1.77. The zero-order chi connectivity index (χ0) is 7.72. The lowest BCUT2D eigenvalue weighted by Gasteiger charge is -1.98. The van der Waals surface area contributed by atoms with Crippen LogP contribution >= 0.6 is 50.1 Å². The summed E-state index contributed by atoms with van der Waals surface area (Å²) < 4.78 is 1.59. The highest BCUT2D eigenvalue weighted by molar-refractivity contribution is 14.1. The first-order chi connectivity index (χ1) is 4.61. The van der Waals surface area contributed by atoms with Gasteiger partial charge in [-0.3, -0.25) is 0 Å². The molecule has 0 aromatic heterocycles. The highest BCUT2D eigenvalue weighted by atomic mass is 127. The normalized spacial score (nSPS) is 9.90. The first-order valence-corrected chi connectivity index (χ1v) is 4.69. The average molecular weight is 333 g/mol. The zero-order valence-corrected chi connectivity index (χ0v) is 9.24. The first kappa shape index (κ1) is 8.62. The minimum atomic E-state index is 0.216. The van der Waals surface area contributed by atoms with E-state index >= 15 is 0 Å². The molecule has 1 rings (SSSR count). The van der Waals surface area contributed by atoms with Crippen LogP contribution in [0.3, 0.4) is 0 Å². The number of hydrogen-bond acceptors (Lipinski definition) is 1. The van der Waals surface area contributed by atoms with E-state index < -0.39 is 0 Å². The van der Waals surface area contributed by atoms with E-state index in [-0.39, 0.29) is 5.75 Å². The molecule has 1 aromatic rings. The van der Waals surface area contributed by atoms with Crippen molar-refractivity contribution >= 4 is 50.1 Å². The Morgan fingerprint density at radius 1 is 1.50 bits per heavy atom. The Hall–Kier alpha value is 0.520. The molecule has 4 heteroatoms. The van der Waals surface area contributed by atoms with E-state index in [4.69, 9.17) is 16.7 Å². The standard InChI is InChI=1S/C6H3BrClIO/c7-3-1-5(9)6(10)2-4(3)8/h1-2,10H. The summed E-state index contributed by atoms with van der Waals surface area (Å²) in [7, 11) is 0. The van der Waals surface area contributed by atoms with Crippen molar-refractivity contribution in [1.82, 2.24) is 0 Å². The van der Waals surface area contributed by atoms with Gasteiger partial charge in [0.05, 0.1) is 8.59 Å². The number of aromatic hydroxyl groups is 1. The number of benzene rings is 1. The summed E-state index contributed by atoms with van der Waals surface area (Å²) in [5.41, 5.74) is 0. The van der Waals surface area contributed by atoms with E-state index in [0.29, 0.717) is 5.02 Å². The highest BCUT2D eigenvalue weighted by Gasteiger charge is 2.01. The van der Waals surface area contributed by atoms with Gasteiger partial charge in [0, 0.05) is 10.5 Å². The fourth-order valence-corrected chi connectivity index (χ4v) is 1.91. The van der Waals surface area contributed by atoms with Crippen LogP contribution < -0.4 is 0 Å². The van der Waals surface area contributed by atoms with Gasteiger partial charge in [0.2, 0.25) is 0 Å². The summed E-state index contributed by atoms with van der Waals surface area (Å²) in [6, 6.07) is 3.27. The van der Waals surface area contributed by atoms with Gasteiger partial charge < -0.3 is 5.11 Å². The van der Waals surface area contributed by atoms with Crippen molar-refractivity contribution in [3.05, 3.63) is 25.2 Å². The van der Waals surface area contributed by atoms with E-state index in [9.17, 15) is 0 Å². The lowest BCUT2D eigenvalue weighted by atomic mass is 10.3. The molecule has 0 spiro atoms. The van der Waals surface area contributed by atoms with Crippen LogP contribution in [0.1, 0.15) is 0 Å². The molecule has 0 radical (unpaired) electrons. The van der Waals surface area contributed by atoms with E-state index in [0.717, 1.165) is 8.04 Å². The Labute approximate surface area is 85.7 Å². The second kappa shape index (κ2) is 3.28. The molecule has 1 N–H and O–H groups in total. The van der Waals surface area contributed by atoms with Crippen LogP contribution in [0.15, 0.2) is 16.6 Å². The van der Waals surface area contributed by atoms with Gasteiger partial charge in [-0.1, -0.05) is 11.6 Å². The number of phenolic OH excluding ortho intramolecular Hbond substituents is 1. The molecule has 0 aliphatic heterocycles. The maximum absolute atomic E-state index is 9.11. The van der Waals surface area contributed by atoms with Gasteiger partial charge >= 0.3 is 0 Å². The maximum Gasteiger partial charge on any atom is 0.130 e. The molecule has 0 saturated carbocycles. The highest BCUT2D eigenvalue weighted by Crippen LogP contribution is 2.30. The minimum Gasteiger partial charge on any atom is -0.507 e. The summed E-state index contributed by atoms with van der Waals surface area (Å²) in [6.45, 7) is 0. The Kier molecular flexibility index (Phi) is 2.82. The zero-order valence-electron chi connectivity index (χ0n) is 4.74. The van der Waals surface area contributed by atoms with E-state index in [1.54, 1.807) is 6.07 Å². The third-order valence-corrected chi connectivity index (χ3v) is 3.05. The van der Waals surface area contributed by atoms with Crippen LogP contribution in [0.2, 0.25) is 5.02 Å². The number of rotatable bonds is 0. The quantitative estimate of drug-likeness (QED) is 0.570. The molecule has 0 saturated heterocycles. The first-order valence-electron chi connectivity index (χ1n) is 2.45. The van der Waals surface area contributed by atoms with Crippen molar-refractivity contribution in [2.75, 3.05) is 0 Å². The van der Waals surface area contributed by atoms with Gasteiger partial charge in [-0.05, 0) is 44.6 Å². The SMILES string of the molecule is Oc1cc(Cl)c(Br)cc1I. The molecule has 0 aliphatic rings. The van der Waals surface area contributed by atoms with Gasteiger partial charge in [0.1, 0.15) is 5.75 Å². The van der Waals surface area contributed by atoms with Crippen molar-refractivity contribution in [3.63, 3.8) is 0 Å². The minimum absolute atomic E-state index is 0.216. The second-order valence-corrected chi connectivity index (χ2v) is 4.14. The summed E-state index contributed by atoms with van der Waals surface area (Å²) in [6.07, 6.45) is 0. The van der Waals surface area contributed by atoms with Crippen LogP contribution in [0.25, 0.3) is 0 Å². The Morgan fingerprint density at radius 2 is 2.10 bits per heavy atom. The Morgan fingerprint density at radius 3 is 2.60 bits per heavy atom. The predicted octanol–water partition coefficient (Wildman–Crippen LogP) is 3.41. The van der Waals surface area contributed by atoms with Crippen molar-refractivity contribution in [3.8, 4) is 5.75 Å². The Bertz CT molecular complexity index is 214. The van der Waals surface area contributed by atoms with E-state index in [1.807, 2.05) is 22.6 Å². The van der Waals surface area contributed by atoms with Crippen molar-refractivity contribution in [2.24, 2.45) is 0 Å². The second-order valence-electron chi connectivity index (χ2n) is 1.72. The molecular formula is C6H3BrClIO. The fourth-order valence-electron chi connectivity index (χ4n) is 0.512. The monoisotopic (exact) mass is 332 g/mol. The molecule has 1 aromatic carbocycles. The average Bonchev–Trinajstić information content (AvgIpc) is 1.84.